The normalized spacial score (nSPS) is 12.1. The molecule has 0 saturated carbocycles. The van der Waals surface area contributed by atoms with Crippen LogP contribution in [0.5, 0.6) is 0 Å². The molecule has 269 valence electrons. The number of halogens is 1. The summed E-state index contributed by atoms with van der Waals surface area (Å²) in [4.78, 5) is 19.7. The number of thiophene rings is 1. The second-order valence-corrected chi connectivity index (χ2v) is 25.5. The van der Waals surface area contributed by atoms with Gasteiger partial charge in [-0.3, -0.25) is 9.97 Å². The molecule has 0 aliphatic carbocycles. The molecule has 5 nitrogen and oxygen atoms in total. The fourth-order valence-corrected chi connectivity index (χ4v) is 9.82. The molecule has 0 atom stereocenters. The van der Waals surface area contributed by atoms with E-state index in [-0.39, 0.29) is 44.0 Å². The summed E-state index contributed by atoms with van der Waals surface area (Å²) in [5.41, 5.74) is 9.00. The molecule has 5 heterocycles. The van der Waals surface area contributed by atoms with E-state index in [1.165, 1.54) is 16.5 Å². The van der Waals surface area contributed by atoms with Crippen LogP contribution in [0.4, 0.5) is 4.39 Å². The smallest absolute Gasteiger partial charge is 0 e. The Morgan fingerprint density at radius 2 is 1.61 bits per heavy atom. The van der Waals surface area contributed by atoms with Crippen molar-refractivity contribution in [3.63, 3.8) is 0 Å². The number of aromatic nitrogens is 5. The van der Waals surface area contributed by atoms with Crippen LogP contribution >= 0.6 is 11.3 Å². The van der Waals surface area contributed by atoms with E-state index < -0.39 is 13.3 Å². The molecule has 5 aromatic heterocycles. The minimum absolute atomic E-state index is 0. The molecule has 9 rings (SSSR count). The van der Waals surface area contributed by atoms with Crippen LogP contribution in [0.1, 0.15) is 15.5 Å². The van der Waals surface area contributed by atoms with Crippen LogP contribution in [0.25, 0.3) is 70.8 Å². The van der Waals surface area contributed by atoms with Crippen LogP contribution in [-0.2, 0) is 20.1 Å². The Morgan fingerprint density at radius 1 is 0.833 bits per heavy atom. The third-order valence-corrected chi connectivity index (χ3v) is 14.4. The van der Waals surface area contributed by atoms with Crippen molar-refractivity contribution in [3.8, 4) is 39.5 Å². The SMILES string of the molecule is Cc1cc(-n2c(-c3[c-]cc(-c4ccc(F)cc4)c4c3sc3ncccc34)nc3ccccc32)cc(C)n1.[2H]c1[c-]c(-c2cc[c]([Ge]([CH3])([CH3])[CH3])cn2)cc([2H])c1[2H].[Ir]. The topological polar surface area (TPSA) is 56.5 Å². The molecule has 0 N–H and O–H groups in total. The molecule has 0 aliphatic rings. The van der Waals surface area contributed by atoms with Crippen molar-refractivity contribution < 1.29 is 28.6 Å². The molecule has 0 amide bonds. The fraction of sp³-hybridized carbons (Fsp3) is 0.111. The van der Waals surface area contributed by atoms with E-state index >= 15 is 0 Å². The molecule has 0 bridgehead atoms. The van der Waals surface area contributed by atoms with Crippen molar-refractivity contribution in [2.75, 3.05) is 0 Å². The predicted octanol–water partition coefficient (Wildman–Crippen LogP) is 11.2. The molecular formula is C45H36FGeIrN5S-2. The maximum atomic E-state index is 13.7. The summed E-state index contributed by atoms with van der Waals surface area (Å²) in [6.07, 6.45) is 3.71. The number of benzene rings is 4. The summed E-state index contributed by atoms with van der Waals surface area (Å²) in [5, 5.41) is 2.14. The zero-order chi connectivity index (χ0) is 39.3. The van der Waals surface area contributed by atoms with E-state index in [1.807, 2.05) is 74.8 Å². The second kappa shape index (κ2) is 15.5. The Labute approximate surface area is 338 Å². The summed E-state index contributed by atoms with van der Waals surface area (Å²) in [7, 11) is 0. The molecule has 54 heavy (non-hydrogen) atoms. The largest absolute Gasteiger partial charge is 0 e. The van der Waals surface area contributed by atoms with Crippen molar-refractivity contribution in [2.45, 2.75) is 31.1 Å². The quantitative estimate of drug-likeness (QED) is 0.127. The standard InChI is InChI=1S/C31H20FN4S.C14H16GeN.Ir/c1-18-16-22(17-19(2)34-18)36-27-8-4-3-7-26(27)35-30(36)25-14-13-23(20-9-11-21(32)12-10-20)28-24-6-5-15-33-31(24)37-29(25)28;1-15(2,3)13-9-10-14(16-11-13)12-7-5-4-6-8-12;/h3-13,15-17H,1-2H3;4-7,9-11H,1-3H3;/q2*-1;/i;4D,5D,6D;. The third kappa shape index (κ3) is 7.44. The number of pyridine rings is 3. The van der Waals surface area contributed by atoms with Gasteiger partial charge in [-0.05, 0) is 61.0 Å². The van der Waals surface area contributed by atoms with Gasteiger partial charge < -0.3 is 4.57 Å². The van der Waals surface area contributed by atoms with Gasteiger partial charge in [-0.15, -0.1) is 12.1 Å². The van der Waals surface area contributed by atoms with Gasteiger partial charge in [-0.25, -0.2) is 9.37 Å². The molecule has 0 fully saturated rings. The van der Waals surface area contributed by atoms with Gasteiger partial charge in [-0.1, -0.05) is 52.4 Å². The number of imidazole rings is 1. The maximum Gasteiger partial charge on any atom is 0 e. The van der Waals surface area contributed by atoms with Crippen molar-refractivity contribution in [3.05, 3.63) is 157 Å². The maximum absolute atomic E-state index is 13.7. The van der Waals surface area contributed by atoms with Gasteiger partial charge in [-0.2, -0.15) is 11.3 Å². The Balaban J connectivity index is 0.000000211. The number of para-hydroxylation sites is 2. The van der Waals surface area contributed by atoms with E-state index in [2.05, 4.69) is 79.3 Å². The van der Waals surface area contributed by atoms with Crippen LogP contribution in [0.2, 0.25) is 17.3 Å². The van der Waals surface area contributed by atoms with Gasteiger partial charge >= 0.3 is 104 Å². The number of nitrogens with zero attached hydrogens (tertiary/aromatic N) is 5. The van der Waals surface area contributed by atoms with Crippen LogP contribution in [0.3, 0.4) is 0 Å². The first kappa shape index (κ1) is 33.7. The average molecular weight is 966 g/mol. The van der Waals surface area contributed by atoms with Crippen LogP contribution in [-0.4, -0.2) is 37.8 Å². The zero-order valence-electron chi connectivity index (χ0n) is 33.2. The summed E-state index contributed by atoms with van der Waals surface area (Å²) in [5.74, 6) is 7.48. The minimum atomic E-state index is -1.86. The van der Waals surface area contributed by atoms with E-state index in [0.717, 1.165) is 70.9 Å². The van der Waals surface area contributed by atoms with E-state index in [0.29, 0.717) is 11.3 Å². The van der Waals surface area contributed by atoms with Crippen molar-refractivity contribution in [1.29, 1.82) is 0 Å². The van der Waals surface area contributed by atoms with Crippen molar-refractivity contribution in [2.24, 2.45) is 0 Å². The minimum Gasteiger partial charge on any atom is 0 e. The fourth-order valence-electron chi connectivity index (χ4n) is 6.49. The molecule has 0 saturated heterocycles. The van der Waals surface area contributed by atoms with Gasteiger partial charge in [0, 0.05) is 48.8 Å². The predicted molar refractivity (Wildman–Crippen MR) is 220 cm³/mol. The van der Waals surface area contributed by atoms with E-state index in [4.69, 9.17) is 9.10 Å². The number of hydrogen-bond acceptors (Lipinski definition) is 5. The summed E-state index contributed by atoms with van der Waals surface area (Å²) >= 11 is -0.224. The number of rotatable bonds is 5. The molecule has 0 unspecified atom stereocenters. The van der Waals surface area contributed by atoms with Gasteiger partial charge in [0.15, 0.2) is 0 Å². The second-order valence-electron chi connectivity index (χ2n) is 13.9. The van der Waals surface area contributed by atoms with Gasteiger partial charge in [0.1, 0.15) is 10.6 Å². The van der Waals surface area contributed by atoms with Crippen LogP contribution < -0.4 is 4.40 Å². The Kier molecular flexibility index (Phi) is 9.66. The number of fused-ring (bicyclic) bond motifs is 4. The molecule has 9 aromatic rings. The first-order valence-corrected chi connectivity index (χ1v) is 25.4. The molecular weight excluding hydrogens is 926 g/mol. The summed E-state index contributed by atoms with van der Waals surface area (Å²) < 4.78 is 41.0. The van der Waals surface area contributed by atoms with Crippen LogP contribution in [0, 0.1) is 31.8 Å². The van der Waals surface area contributed by atoms with E-state index in [1.54, 1.807) is 17.4 Å². The molecule has 0 aliphatic heterocycles. The zero-order valence-corrected chi connectivity index (χ0v) is 35.6. The number of aryl methyl sites for hydroxylation is 2. The van der Waals surface area contributed by atoms with E-state index in [9.17, 15) is 4.39 Å². The summed E-state index contributed by atoms with van der Waals surface area (Å²) in [6.45, 7) is 4.02. The number of hydrogen-bond donors (Lipinski definition) is 0. The Hall–Kier alpha value is -4.86. The Morgan fingerprint density at radius 3 is 2.33 bits per heavy atom. The third-order valence-electron chi connectivity index (χ3n) is 9.04. The monoisotopic (exact) mass is 967 g/mol. The molecule has 1 radical (unpaired) electrons. The first-order valence-electron chi connectivity index (χ1n) is 18.7. The van der Waals surface area contributed by atoms with Gasteiger partial charge in [0.25, 0.3) is 0 Å². The average Bonchev–Trinajstić information content (AvgIpc) is 3.76. The summed E-state index contributed by atoms with van der Waals surface area (Å²) in [6, 6.07) is 36.8. The van der Waals surface area contributed by atoms with Crippen molar-refractivity contribution in [1.82, 2.24) is 24.5 Å². The molecule has 9 heteroatoms. The Bertz CT molecular complexity index is 2880. The first-order chi connectivity index (χ1) is 26.9. The van der Waals surface area contributed by atoms with Crippen molar-refractivity contribution >= 4 is 60.3 Å². The van der Waals surface area contributed by atoms with Gasteiger partial charge in [0.2, 0.25) is 0 Å². The molecule has 0 spiro atoms. The molecule has 4 aromatic carbocycles. The van der Waals surface area contributed by atoms with Crippen LogP contribution in [0.15, 0.2) is 128 Å². The van der Waals surface area contributed by atoms with Gasteiger partial charge in [0.05, 0.1) is 16.9 Å².